The average Bonchev–Trinajstić information content (AvgIpc) is 2.49. The van der Waals surface area contributed by atoms with E-state index in [2.05, 4.69) is 67.5 Å². The number of aromatic nitrogens is 1. The van der Waals surface area contributed by atoms with Crippen LogP contribution >= 0.6 is 0 Å². The van der Waals surface area contributed by atoms with Crippen molar-refractivity contribution in [3.05, 3.63) is 53.2 Å². The van der Waals surface area contributed by atoms with Crippen molar-refractivity contribution in [2.45, 2.75) is 26.8 Å². The van der Waals surface area contributed by atoms with E-state index in [-0.39, 0.29) is 0 Å². The Labute approximate surface area is 121 Å². The van der Waals surface area contributed by atoms with Gasteiger partial charge in [-0.2, -0.15) is 0 Å². The van der Waals surface area contributed by atoms with Crippen LogP contribution < -0.4 is 10.2 Å². The number of hydrogen-bond acceptors (Lipinski definition) is 3. The van der Waals surface area contributed by atoms with Crippen LogP contribution in [0.4, 0.5) is 11.5 Å². The van der Waals surface area contributed by atoms with Crippen molar-refractivity contribution in [2.24, 2.45) is 0 Å². The lowest BCUT2D eigenvalue weighted by Crippen LogP contribution is -2.13. The van der Waals surface area contributed by atoms with E-state index in [1.54, 1.807) is 0 Å². The molecule has 0 spiro atoms. The highest BCUT2D eigenvalue weighted by atomic mass is 15.2. The number of pyridine rings is 1. The zero-order valence-corrected chi connectivity index (χ0v) is 12.8. The van der Waals surface area contributed by atoms with Crippen LogP contribution in [-0.2, 0) is 13.0 Å². The fraction of sp³-hybridized carbons (Fsp3) is 0.353. The van der Waals surface area contributed by atoms with Crippen LogP contribution in [0.2, 0.25) is 0 Å². The molecular formula is C17H23N3. The minimum atomic E-state index is 0.855. The lowest BCUT2D eigenvalue weighted by atomic mass is 10.1. The molecule has 0 unspecified atom stereocenters. The van der Waals surface area contributed by atoms with E-state index in [0.717, 1.165) is 30.2 Å². The third-order valence-corrected chi connectivity index (χ3v) is 3.62. The molecule has 0 radical (unpaired) electrons. The lowest BCUT2D eigenvalue weighted by Gasteiger charge is -2.20. The highest BCUT2D eigenvalue weighted by molar-refractivity contribution is 5.59. The van der Waals surface area contributed by atoms with Crippen molar-refractivity contribution in [3.8, 4) is 0 Å². The van der Waals surface area contributed by atoms with Gasteiger partial charge in [0.1, 0.15) is 5.82 Å². The van der Waals surface area contributed by atoms with Gasteiger partial charge in [0.25, 0.3) is 0 Å². The Balaban J connectivity index is 2.23. The first-order chi connectivity index (χ1) is 9.65. The molecule has 1 aromatic carbocycles. The summed E-state index contributed by atoms with van der Waals surface area (Å²) in [6, 6.07) is 12.9. The van der Waals surface area contributed by atoms with E-state index in [1.807, 2.05) is 7.05 Å². The summed E-state index contributed by atoms with van der Waals surface area (Å²) < 4.78 is 0. The topological polar surface area (TPSA) is 28.2 Å². The quantitative estimate of drug-likeness (QED) is 0.901. The fourth-order valence-electron chi connectivity index (χ4n) is 2.23. The zero-order valence-electron chi connectivity index (χ0n) is 12.8. The van der Waals surface area contributed by atoms with E-state index in [1.165, 1.54) is 11.1 Å². The fourth-order valence-corrected chi connectivity index (χ4v) is 2.23. The van der Waals surface area contributed by atoms with Gasteiger partial charge in [0.2, 0.25) is 0 Å². The zero-order chi connectivity index (χ0) is 14.5. The molecule has 0 aliphatic rings. The van der Waals surface area contributed by atoms with Crippen LogP contribution in [0.1, 0.15) is 23.7 Å². The van der Waals surface area contributed by atoms with Crippen LogP contribution in [0.3, 0.4) is 0 Å². The normalized spacial score (nSPS) is 10.6. The summed E-state index contributed by atoms with van der Waals surface area (Å²) in [5, 5.41) is 3.16. The Kier molecular flexibility index (Phi) is 4.74. The monoisotopic (exact) mass is 269 g/mol. The predicted molar refractivity (Wildman–Crippen MR) is 85.6 cm³/mol. The number of anilines is 2. The van der Waals surface area contributed by atoms with E-state index >= 15 is 0 Å². The average molecular weight is 269 g/mol. The standard InChI is InChI=1S/C17H23N3/c1-5-14-6-9-16(10-7-14)20(4)17-11-8-15(12-18-3)13(2)19-17/h6-11,18H,5,12H2,1-4H3. The summed E-state index contributed by atoms with van der Waals surface area (Å²) in [4.78, 5) is 6.82. The summed E-state index contributed by atoms with van der Waals surface area (Å²) in [7, 11) is 4.01. The Morgan fingerprint density at radius 3 is 2.35 bits per heavy atom. The van der Waals surface area contributed by atoms with E-state index < -0.39 is 0 Å². The first kappa shape index (κ1) is 14.5. The molecule has 3 nitrogen and oxygen atoms in total. The third-order valence-electron chi connectivity index (χ3n) is 3.62. The van der Waals surface area contributed by atoms with Crippen LogP contribution in [0.15, 0.2) is 36.4 Å². The maximum atomic E-state index is 4.70. The molecular weight excluding hydrogens is 246 g/mol. The van der Waals surface area contributed by atoms with Gasteiger partial charge < -0.3 is 10.2 Å². The van der Waals surface area contributed by atoms with Gasteiger partial charge in [0, 0.05) is 25.0 Å². The Bertz CT molecular complexity index is 561. The largest absolute Gasteiger partial charge is 0.329 e. The van der Waals surface area contributed by atoms with Crippen LogP contribution in [-0.4, -0.2) is 19.1 Å². The molecule has 0 atom stereocenters. The number of aryl methyl sites for hydroxylation is 2. The molecule has 0 bridgehead atoms. The van der Waals surface area contributed by atoms with Gasteiger partial charge in [0.15, 0.2) is 0 Å². The molecule has 0 saturated heterocycles. The SMILES string of the molecule is CCc1ccc(N(C)c2ccc(CNC)c(C)n2)cc1. The third kappa shape index (κ3) is 3.17. The number of hydrogen-bond donors (Lipinski definition) is 1. The van der Waals surface area contributed by atoms with Gasteiger partial charge in [-0.15, -0.1) is 0 Å². The Morgan fingerprint density at radius 2 is 1.80 bits per heavy atom. The molecule has 3 heteroatoms. The maximum Gasteiger partial charge on any atom is 0.132 e. The van der Waals surface area contributed by atoms with E-state index in [0.29, 0.717) is 0 Å². The molecule has 0 saturated carbocycles. The first-order valence-corrected chi connectivity index (χ1v) is 7.09. The second-order valence-corrected chi connectivity index (χ2v) is 5.02. The number of nitrogens with one attached hydrogen (secondary N) is 1. The van der Waals surface area contributed by atoms with Crippen molar-refractivity contribution in [3.63, 3.8) is 0 Å². The van der Waals surface area contributed by atoms with Gasteiger partial charge >= 0.3 is 0 Å². The molecule has 2 rings (SSSR count). The van der Waals surface area contributed by atoms with E-state index in [9.17, 15) is 0 Å². The second kappa shape index (κ2) is 6.53. The molecule has 2 aromatic rings. The molecule has 1 aromatic heterocycles. The molecule has 1 heterocycles. The van der Waals surface area contributed by atoms with Crippen LogP contribution in [0.25, 0.3) is 0 Å². The number of benzene rings is 1. The van der Waals surface area contributed by atoms with Gasteiger partial charge in [-0.1, -0.05) is 25.1 Å². The summed E-state index contributed by atoms with van der Waals surface area (Å²) in [6.45, 7) is 5.09. The summed E-state index contributed by atoms with van der Waals surface area (Å²) in [5.41, 5.74) is 4.84. The van der Waals surface area contributed by atoms with E-state index in [4.69, 9.17) is 4.98 Å². The highest BCUT2D eigenvalue weighted by Crippen LogP contribution is 2.23. The smallest absolute Gasteiger partial charge is 0.132 e. The van der Waals surface area contributed by atoms with Crippen molar-refractivity contribution < 1.29 is 0 Å². The van der Waals surface area contributed by atoms with Gasteiger partial charge in [-0.05, 0) is 49.7 Å². The second-order valence-electron chi connectivity index (χ2n) is 5.02. The molecule has 106 valence electrons. The molecule has 0 fully saturated rings. The van der Waals surface area contributed by atoms with Gasteiger partial charge in [-0.3, -0.25) is 0 Å². The van der Waals surface area contributed by atoms with Crippen molar-refractivity contribution >= 4 is 11.5 Å². The van der Waals surface area contributed by atoms with Gasteiger partial charge in [0.05, 0.1) is 0 Å². The number of rotatable bonds is 5. The summed E-state index contributed by atoms with van der Waals surface area (Å²) in [5.74, 6) is 0.978. The lowest BCUT2D eigenvalue weighted by molar-refractivity contribution is 0.804. The van der Waals surface area contributed by atoms with Gasteiger partial charge in [-0.25, -0.2) is 4.98 Å². The first-order valence-electron chi connectivity index (χ1n) is 7.09. The summed E-state index contributed by atoms with van der Waals surface area (Å²) >= 11 is 0. The Morgan fingerprint density at radius 1 is 1.10 bits per heavy atom. The van der Waals surface area contributed by atoms with Crippen molar-refractivity contribution in [1.82, 2.24) is 10.3 Å². The molecule has 0 aliphatic heterocycles. The predicted octanol–water partition coefficient (Wildman–Crippen LogP) is 3.44. The Hall–Kier alpha value is -1.87. The van der Waals surface area contributed by atoms with Crippen LogP contribution in [0, 0.1) is 6.92 Å². The maximum absolute atomic E-state index is 4.70. The van der Waals surface area contributed by atoms with Crippen molar-refractivity contribution in [1.29, 1.82) is 0 Å². The number of nitrogens with zero attached hydrogens (tertiary/aromatic N) is 2. The minimum Gasteiger partial charge on any atom is -0.329 e. The minimum absolute atomic E-state index is 0.855. The highest BCUT2D eigenvalue weighted by Gasteiger charge is 2.07. The van der Waals surface area contributed by atoms with Crippen LogP contribution in [0.5, 0.6) is 0 Å². The van der Waals surface area contributed by atoms with Crippen molar-refractivity contribution in [2.75, 3.05) is 19.0 Å². The molecule has 0 aliphatic carbocycles. The summed E-state index contributed by atoms with van der Waals surface area (Å²) in [6.07, 6.45) is 1.07. The molecule has 20 heavy (non-hydrogen) atoms. The molecule has 0 amide bonds. The molecule has 1 N–H and O–H groups in total.